The van der Waals surface area contributed by atoms with Gasteiger partial charge in [0.2, 0.25) is 0 Å². The summed E-state index contributed by atoms with van der Waals surface area (Å²) in [7, 11) is 7.52. The van der Waals surface area contributed by atoms with Gasteiger partial charge in [-0.3, -0.25) is 0 Å². The fraction of sp³-hybridized carbons (Fsp3) is 0.571. The minimum absolute atomic E-state index is 0.449. The molecule has 0 aliphatic rings. The summed E-state index contributed by atoms with van der Waals surface area (Å²) in [6.45, 7) is 4.45. The van der Waals surface area contributed by atoms with Crippen molar-refractivity contribution in [2.45, 2.75) is 25.8 Å². The van der Waals surface area contributed by atoms with Crippen LogP contribution in [0, 0.1) is 0 Å². The van der Waals surface area contributed by atoms with Crippen LogP contribution in [0.2, 0.25) is 0 Å². The molecular weight excluding hydrogens is 214 g/mol. The van der Waals surface area contributed by atoms with Crippen molar-refractivity contribution < 1.29 is 9.47 Å². The lowest BCUT2D eigenvalue weighted by atomic mass is 9.93. The summed E-state index contributed by atoms with van der Waals surface area (Å²) < 4.78 is 10.6. The lowest BCUT2D eigenvalue weighted by molar-refractivity contribution is 0.279. The normalized spacial score (nSPS) is 14.5. The molecule has 1 aromatic rings. The van der Waals surface area contributed by atoms with E-state index in [1.54, 1.807) is 14.2 Å². The number of nitrogens with zero attached hydrogens (tertiary/aromatic N) is 1. The van der Waals surface area contributed by atoms with Gasteiger partial charge in [-0.1, -0.05) is 13.0 Å². The van der Waals surface area contributed by atoms with Crippen LogP contribution in [0.5, 0.6) is 11.5 Å². The van der Waals surface area contributed by atoms with Gasteiger partial charge in [0, 0.05) is 6.04 Å². The standard InChI is InChI=1S/C14H23NO2/c1-10(11(2)15(3)4)12-7-8-13(16-5)14(9-12)17-6/h7-11H,1-6H3. The van der Waals surface area contributed by atoms with Crippen molar-refractivity contribution in [3.05, 3.63) is 23.8 Å². The average Bonchev–Trinajstić information content (AvgIpc) is 2.35. The summed E-state index contributed by atoms with van der Waals surface area (Å²) in [6.07, 6.45) is 0. The summed E-state index contributed by atoms with van der Waals surface area (Å²) >= 11 is 0. The van der Waals surface area contributed by atoms with Crippen molar-refractivity contribution in [3.8, 4) is 11.5 Å². The van der Waals surface area contributed by atoms with Crippen molar-refractivity contribution >= 4 is 0 Å². The Morgan fingerprint density at radius 1 is 1.00 bits per heavy atom. The fourth-order valence-electron chi connectivity index (χ4n) is 1.86. The molecule has 0 fully saturated rings. The van der Waals surface area contributed by atoms with Crippen LogP contribution in [-0.2, 0) is 0 Å². The van der Waals surface area contributed by atoms with Crippen LogP contribution in [0.15, 0.2) is 18.2 Å². The number of hydrogen-bond donors (Lipinski definition) is 0. The largest absolute Gasteiger partial charge is 0.493 e. The summed E-state index contributed by atoms with van der Waals surface area (Å²) in [5.41, 5.74) is 1.27. The van der Waals surface area contributed by atoms with Gasteiger partial charge in [-0.15, -0.1) is 0 Å². The van der Waals surface area contributed by atoms with E-state index in [1.165, 1.54) is 5.56 Å². The molecule has 1 rings (SSSR count). The van der Waals surface area contributed by atoms with E-state index in [9.17, 15) is 0 Å². The maximum Gasteiger partial charge on any atom is 0.160 e. The van der Waals surface area contributed by atoms with E-state index < -0.39 is 0 Å². The van der Waals surface area contributed by atoms with Gasteiger partial charge < -0.3 is 14.4 Å². The van der Waals surface area contributed by atoms with E-state index in [4.69, 9.17) is 9.47 Å². The van der Waals surface area contributed by atoms with Crippen molar-refractivity contribution in [3.63, 3.8) is 0 Å². The minimum atomic E-state index is 0.449. The predicted molar refractivity (Wildman–Crippen MR) is 71.1 cm³/mol. The van der Waals surface area contributed by atoms with Crippen LogP contribution in [-0.4, -0.2) is 39.3 Å². The quantitative estimate of drug-likeness (QED) is 0.786. The molecule has 0 aliphatic carbocycles. The molecule has 0 N–H and O–H groups in total. The molecule has 0 radical (unpaired) electrons. The zero-order valence-electron chi connectivity index (χ0n) is 11.7. The molecule has 0 saturated carbocycles. The molecule has 0 bridgehead atoms. The third-order valence-corrected chi connectivity index (χ3v) is 3.47. The summed E-state index contributed by atoms with van der Waals surface area (Å²) in [6, 6.07) is 6.61. The third kappa shape index (κ3) is 3.13. The van der Waals surface area contributed by atoms with Gasteiger partial charge in [0.15, 0.2) is 11.5 Å². The van der Waals surface area contributed by atoms with Crippen LogP contribution in [0.1, 0.15) is 25.3 Å². The number of methoxy groups -OCH3 is 2. The Balaban J connectivity index is 2.99. The van der Waals surface area contributed by atoms with Gasteiger partial charge in [0.25, 0.3) is 0 Å². The van der Waals surface area contributed by atoms with E-state index in [-0.39, 0.29) is 0 Å². The molecule has 2 atom stereocenters. The average molecular weight is 237 g/mol. The molecule has 0 saturated heterocycles. The Morgan fingerprint density at radius 2 is 1.59 bits per heavy atom. The highest BCUT2D eigenvalue weighted by molar-refractivity contribution is 5.44. The molecule has 0 aromatic heterocycles. The second-order valence-electron chi connectivity index (χ2n) is 4.61. The summed E-state index contributed by atoms with van der Waals surface area (Å²) in [5, 5.41) is 0. The highest BCUT2D eigenvalue weighted by atomic mass is 16.5. The second-order valence-corrected chi connectivity index (χ2v) is 4.61. The highest BCUT2D eigenvalue weighted by Gasteiger charge is 2.17. The summed E-state index contributed by atoms with van der Waals surface area (Å²) in [4.78, 5) is 2.22. The molecular formula is C14H23NO2. The maximum atomic E-state index is 5.33. The van der Waals surface area contributed by atoms with Gasteiger partial charge >= 0.3 is 0 Å². The van der Waals surface area contributed by atoms with Gasteiger partial charge in [0.1, 0.15) is 0 Å². The van der Waals surface area contributed by atoms with Gasteiger partial charge in [0.05, 0.1) is 14.2 Å². The fourth-order valence-corrected chi connectivity index (χ4v) is 1.86. The molecule has 0 heterocycles. The predicted octanol–water partition coefficient (Wildman–Crippen LogP) is 2.76. The first-order chi connectivity index (χ1) is 8.01. The Morgan fingerprint density at radius 3 is 2.06 bits per heavy atom. The zero-order valence-corrected chi connectivity index (χ0v) is 11.7. The van der Waals surface area contributed by atoms with Crippen molar-refractivity contribution in [1.82, 2.24) is 4.90 Å². The monoisotopic (exact) mass is 237 g/mol. The molecule has 3 nitrogen and oxygen atoms in total. The van der Waals surface area contributed by atoms with E-state index in [0.29, 0.717) is 12.0 Å². The maximum absolute atomic E-state index is 5.33. The smallest absolute Gasteiger partial charge is 0.160 e. The third-order valence-electron chi connectivity index (χ3n) is 3.47. The van der Waals surface area contributed by atoms with Crippen molar-refractivity contribution in [2.24, 2.45) is 0 Å². The SMILES string of the molecule is COc1ccc(C(C)C(C)N(C)C)cc1OC. The Labute approximate surface area is 104 Å². The number of rotatable bonds is 5. The van der Waals surface area contributed by atoms with Crippen LogP contribution in [0.3, 0.4) is 0 Å². The van der Waals surface area contributed by atoms with E-state index in [2.05, 4.69) is 45.0 Å². The lowest BCUT2D eigenvalue weighted by Gasteiger charge is -2.27. The molecule has 0 amide bonds. The summed E-state index contributed by atoms with van der Waals surface area (Å²) in [5.74, 6) is 2.02. The van der Waals surface area contributed by atoms with Crippen LogP contribution < -0.4 is 9.47 Å². The molecule has 3 heteroatoms. The first kappa shape index (κ1) is 13.8. The molecule has 1 aromatic carbocycles. The zero-order chi connectivity index (χ0) is 13.0. The van der Waals surface area contributed by atoms with Crippen molar-refractivity contribution in [2.75, 3.05) is 28.3 Å². The first-order valence-corrected chi connectivity index (χ1v) is 5.89. The minimum Gasteiger partial charge on any atom is -0.493 e. The first-order valence-electron chi connectivity index (χ1n) is 5.89. The van der Waals surface area contributed by atoms with Gasteiger partial charge in [-0.25, -0.2) is 0 Å². The number of benzene rings is 1. The number of hydrogen-bond acceptors (Lipinski definition) is 3. The molecule has 0 aliphatic heterocycles. The molecule has 2 unspecified atom stereocenters. The number of ether oxygens (including phenoxy) is 2. The van der Waals surface area contributed by atoms with Gasteiger partial charge in [-0.2, -0.15) is 0 Å². The molecule has 0 spiro atoms. The van der Waals surface area contributed by atoms with E-state index in [0.717, 1.165) is 11.5 Å². The Kier molecular flexibility index (Phi) is 4.82. The van der Waals surface area contributed by atoms with E-state index in [1.807, 2.05) is 6.07 Å². The van der Waals surface area contributed by atoms with Crippen LogP contribution in [0.4, 0.5) is 0 Å². The molecule has 17 heavy (non-hydrogen) atoms. The Bertz CT molecular complexity index is 363. The van der Waals surface area contributed by atoms with Crippen LogP contribution >= 0.6 is 0 Å². The van der Waals surface area contributed by atoms with Gasteiger partial charge in [-0.05, 0) is 44.6 Å². The van der Waals surface area contributed by atoms with Crippen molar-refractivity contribution in [1.29, 1.82) is 0 Å². The second kappa shape index (κ2) is 5.92. The Hall–Kier alpha value is -1.22. The lowest BCUT2D eigenvalue weighted by Crippen LogP contribution is -2.29. The van der Waals surface area contributed by atoms with Crippen LogP contribution in [0.25, 0.3) is 0 Å². The topological polar surface area (TPSA) is 21.7 Å². The van der Waals surface area contributed by atoms with E-state index >= 15 is 0 Å². The highest BCUT2D eigenvalue weighted by Crippen LogP contribution is 2.32. The molecule has 96 valence electrons. The number of likely N-dealkylation sites (N-methyl/N-ethyl adjacent to an activating group) is 1.